The van der Waals surface area contributed by atoms with Crippen molar-refractivity contribution < 1.29 is 25.8 Å². The van der Waals surface area contributed by atoms with Gasteiger partial charge in [-0.15, -0.1) is 48.1 Å². The molecule has 0 atom stereocenters. The minimum Gasteiger partial charge on any atom is -0.509 e. The van der Waals surface area contributed by atoms with Crippen LogP contribution in [0, 0.1) is 18.8 Å². The van der Waals surface area contributed by atoms with Gasteiger partial charge in [0.1, 0.15) is 5.82 Å². The normalized spacial score (nSPS) is 14.7. The number of pyridine rings is 1. The number of para-hydroxylation sites is 2. The third-order valence-corrected chi connectivity index (χ3v) is 15.1. The van der Waals surface area contributed by atoms with E-state index in [0.717, 1.165) is 33.6 Å². The predicted molar refractivity (Wildman–Crippen MR) is 252 cm³/mol. The van der Waals surface area contributed by atoms with Gasteiger partial charge in [0.2, 0.25) is 0 Å². The van der Waals surface area contributed by atoms with E-state index in [-0.39, 0.29) is 31.9 Å². The second-order valence-electron chi connectivity index (χ2n) is 17.9. The maximum absolute atomic E-state index is 6.58. The Morgan fingerprint density at radius 2 is 1.18 bits per heavy atom. The fraction of sp³-hybridized carbons (Fsp3) is 0.154. The van der Waals surface area contributed by atoms with Crippen LogP contribution in [0.15, 0.2) is 157 Å². The third kappa shape index (κ3) is 6.41. The monoisotopic (exact) mass is 1040 g/mol. The van der Waals surface area contributed by atoms with Crippen molar-refractivity contribution in [2.45, 2.75) is 81.7 Å². The quantitative estimate of drug-likeness (QED) is 0.158. The molecule has 0 bridgehead atoms. The molecule has 0 unspecified atom stereocenters. The number of aromatic nitrogens is 2. The molecule has 0 saturated heterocycles. The van der Waals surface area contributed by atoms with E-state index in [9.17, 15) is 0 Å². The predicted octanol–water partition coefficient (Wildman–Crippen LogP) is 14.9. The van der Waals surface area contributed by atoms with E-state index in [0.29, 0.717) is 11.5 Å². The second-order valence-corrected chi connectivity index (χ2v) is 21.2. The van der Waals surface area contributed by atoms with Crippen molar-refractivity contribution in [2.24, 2.45) is 0 Å². The largest absolute Gasteiger partial charge is 0.509 e. The summed E-state index contributed by atoms with van der Waals surface area (Å²) in [5.74, 6) is 2.09. The van der Waals surface area contributed by atoms with Gasteiger partial charge in [0.25, 0.3) is 0 Å². The summed E-state index contributed by atoms with van der Waals surface area (Å²) in [6.07, 6.45) is 6.10. The van der Waals surface area contributed by atoms with Gasteiger partial charge in [-0.05, 0) is 94.3 Å². The topological polar surface area (TPSA) is 36.8 Å². The van der Waals surface area contributed by atoms with Crippen LogP contribution in [0.2, 0.25) is 0 Å². The third-order valence-electron chi connectivity index (χ3n) is 11.8. The standard InChI is InChI=1S/C52H40N5OS3.Pt/c1-51(2,3)31-16-19-39-38(24-31)37-18-17-36(29-40(37)56(39)47-25-32(20-21-53-47)52(4,5)6)58-35-11-7-10-33(26-35)54-22-23-55(30-54)34-27-45-50-46(28-34)61-44-15-9-13-42-49(44)57(50)48-41(59-42)12-8-14-43(48)60-45;/h7-25,27-28,30H,1-6H3;/q-3;. The van der Waals surface area contributed by atoms with E-state index in [1.807, 2.05) is 59.7 Å². The van der Waals surface area contributed by atoms with Gasteiger partial charge in [0.15, 0.2) is 0 Å². The number of nitrogens with zero attached hydrogens (tertiary/aromatic N) is 5. The van der Waals surface area contributed by atoms with E-state index in [4.69, 9.17) is 9.72 Å². The molecule has 6 aromatic carbocycles. The molecule has 62 heavy (non-hydrogen) atoms. The number of hydrogen-bond acceptors (Lipinski definition) is 8. The number of hydrogen-bond donors (Lipinski definition) is 0. The van der Waals surface area contributed by atoms with Crippen molar-refractivity contribution in [2.75, 3.05) is 14.7 Å². The van der Waals surface area contributed by atoms with Gasteiger partial charge in [-0.2, -0.15) is 12.1 Å². The van der Waals surface area contributed by atoms with Crippen molar-refractivity contribution in [1.29, 1.82) is 0 Å². The van der Waals surface area contributed by atoms with E-state index < -0.39 is 0 Å². The zero-order chi connectivity index (χ0) is 41.4. The molecule has 0 saturated carbocycles. The Balaban J connectivity index is 0.00000432. The Labute approximate surface area is 389 Å². The summed E-state index contributed by atoms with van der Waals surface area (Å²) < 4.78 is 8.81. The molecule has 310 valence electrons. The van der Waals surface area contributed by atoms with Crippen LogP contribution >= 0.6 is 35.3 Å². The molecule has 10 heteroatoms. The summed E-state index contributed by atoms with van der Waals surface area (Å²) in [6.45, 7) is 15.6. The first-order valence-corrected chi connectivity index (χ1v) is 23.0. The number of rotatable bonds is 5. The smallest absolute Gasteiger partial charge is 0.135 e. The minimum atomic E-state index is -0.0234. The van der Waals surface area contributed by atoms with Crippen LogP contribution in [0.3, 0.4) is 0 Å². The summed E-state index contributed by atoms with van der Waals surface area (Å²) in [5, 5.41) is 2.28. The van der Waals surface area contributed by atoms with Crippen molar-refractivity contribution in [1.82, 2.24) is 9.55 Å². The molecule has 4 aliphatic rings. The van der Waals surface area contributed by atoms with E-state index >= 15 is 0 Å². The first-order chi connectivity index (χ1) is 29.4. The van der Waals surface area contributed by atoms with Crippen LogP contribution in [0.25, 0.3) is 27.6 Å². The maximum Gasteiger partial charge on any atom is 0.135 e. The molecule has 8 aromatic rings. The summed E-state index contributed by atoms with van der Waals surface area (Å²) in [4.78, 5) is 19.4. The van der Waals surface area contributed by atoms with Crippen molar-refractivity contribution in [3.8, 4) is 17.3 Å². The van der Waals surface area contributed by atoms with E-state index in [2.05, 4.69) is 183 Å². The number of benzene rings is 6. The summed E-state index contributed by atoms with van der Waals surface area (Å²) in [7, 11) is 0. The van der Waals surface area contributed by atoms with Gasteiger partial charge >= 0.3 is 0 Å². The second kappa shape index (κ2) is 14.5. The zero-order valence-electron chi connectivity index (χ0n) is 34.9. The van der Waals surface area contributed by atoms with Gasteiger partial charge in [0, 0.05) is 79.3 Å². The van der Waals surface area contributed by atoms with Gasteiger partial charge in [-0.3, -0.25) is 0 Å². The SMILES string of the molecule is CC(C)(C)c1ccnc(-n2c3[c-]c(Oc4[c-]c(N5C=CN(c6cc7c8c(c6)Sc6cccc9c6N8c6c(cccc6S7)S9)[CH-]5)ccc4)ccc3c3cc(C(C)(C)C)ccc32)c1.[Pt]. The van der Waals surface area contributed by atoms with E-state index in [1.165, 1.54) is 62.9 Å². The van der Waals surface area contributed by atoms with Gasteiger partial charge in [-0.25, -0.2) is 4.98 Å². The van der Waals surface area contributed by atoms with Gasteiger partial charge in [0.05, 0.1) is 17.1 Å². The molecular weight excluding hydrogens is 1000 g/mol. The zero-order valence-corrected chi connectivity index (χ0v) is 39.6. The van der Waals surface area contributed by atoms with Crippen LogP contribution in [0.4, 0.5) is 28.4 Å². The molecule has 6 nitrogen and oxygen atoms in total. The molecule has 0 amide bonds. The van der Waals surface area contributed by atoms with Crippen LogP contribution in [0.1, 0.15) is 52.7 Å². The average Bonchev–Trinajstić information content (AvgIpc) is 3.87. The van der Waals surface area contributed by atoms with Crippen LogP contribution in [-0.2, 0) is 31.9 Å². The Morgan fingerprint density at radius 1 is 0.581 bits per heavy atom. The minimum absolute atomic E-state index is 0. The molecule has 2 aromatic heterocycles. The first kappa shape index (κ1) is 39.8. The van der Waals surface area contributed by atoms with Crippen molar-refractivity contribution in [3.63, 3.8) is 0 Å². The molecule has 0 spiro atoms. The van der Waals surface area contributed by atoms with E-state index in [1.54, 1.807) is 0 Å². The molecule has 0 N–H and O–H groups in total. The van der Waals surface area contributed by atoms with Crippen LogP contribution in [0.5, 0.6) is 11.5 Å². The number of fused-ring (bicyclic) bond motifs is 3. The Bertz CT molecular complexity index is 3120. The van der Waals surface area contributed by atoms with Gasteiger partial charge < -0.3 is 24.0 Å². The summed E-state index contributed by atoms with van der Waals surface area (Å²) in [6, 6.07) is 46.5. The molecular formula is C52H40N5OPtS3-3. The maximum atomic E-state index is 6.58. The Kier molecular flexibility index (Phi) is 9.30. The summed E-state index contributed by atoms with van der Waals surface area (Å²) in [5.41, 5.74) is 10.4. The molecule has 6 heterocycles. The van der Waals surface area contributed by atoms with Gasteiger partial charge in [-0.1, -0.05) is 107 Å². The first-order valence-electron chi connectivity index (χ1n) is 20.5. The molecule has 12 rings (SSSR count). The number of ether oxygens (including phenoxy) is 1. The average molecular weight is 1040 g/mol. The van der Waals surface area contributed by atoms with Crippen LogP contribution < -0.4 is 19.4 Å². The molecule has 0 fully saturated rings. The Hall–Kier alpha value is -5.05. The Morgan fingerprint density at radius 3 is 1.85 bits per heavy atom. The number of anilines is 5. The molecule has 0 radical (unpaired) electrons. The fourth-order valence-corrected chi connectivity index (χ4v) is 12.3. The molecule has 4 aliphatic heterocycles. The van der Waals surface area contributed by atoms with Crippen LogP contribution in [-0.4, -0.2) is 9.55 Å². The van der Waals surface area contributed by atoms with Crippen molar-refractivity contribution >= 4 is 85.5 Å². The summed E-state index contributed by atoms with van der Waals surface area (Å²) >= 11 is 5.61. The fourth-order valence-electron chi connectivity index (χ4n) is 8.67. The molecule has 0 aliphatic carbocycles. The van der Waals surface area contributed by atoms with Crippen molar-refractivity contribution in [3.05, 3.63) is 158 Å².